The van der Waals surface area contributed by atoms with Crippen molar-refractivity contribution in [1.82, 2.24) is 15.4 Å². The van der Waals surface area contributed by atoms with E-state index in [9.17, 15) is 9.59 Å². The first-order valence-corrected chi connectivity index (χ1v) is 10.3. The first-order chi connectivity index (χ1) is 13.1. The molecule has 146 valence electrons. The van der Waals surface area contributed by atoms with Gasteiger partial charge in [0.05, 0.1) is 5.92 Å². The molecule has 1 atom stereocenters. The maximum absolute atomic E-state index is 13.0. The maximum atomic E-state index is 13.0. The normalized spacial score (nSPS) is 27.1. The van der Waals surface area contributed by atoms with E-state index in [-0.39, 0.29) is 23.1 Å². The summed E-state index contributed by atoms with van der Waals surface area (Å²) in [5.74, 6) is 1.71. The van der Waals surface area contributed by atoms with Crippen LogP contribution in [0.15, 0.2) is 10.6 Å². The Morgan fingerprint density at radius 1 is 1.22 bits per heavy atom. The van der Waals surface area contributed by atoms with Gasteiger partial charge in [-0.25, -0.2) is 0 Å². The second-order valence-corrected chi connectivity index (χ2v) is 8.79. The molecule has 27 heavy (non-hydrogen) atoms. The van der Waals surface area contributed by atoms with Gasteiger partial charge in [-0.3, -0.25) is 9.59 Å². The Kier molecular flexibility index (Phi) is 4.22. The second-order valence-electron chi connectivity index (χ2n) is 8.79. The van der Waals surface area contributed by atoms with Crippen LogP contribution in [0.2, 0.25) is 0 Å². The van der Waals surface area contributed by atoms with E-state index in [1.165, 1.54) is 12.8 Å². The zero-order valence-corrected chi connectivity index (χ0v) is 15.6. The quantitative estimate of drug-likeness (QED) is 0.853. The molecule has 1 spiro atoms. The number of nitrogens with one attached hydrogen (secondary N) is 1. The lowest BCUT2D eigenvalue weighted by atomic mass is 9.71. The lowest BCUT2D eigenvalue weighted by Crippen LogP contribution is -2.44. The molecule has 7 heteroatoms. The molecular weight excluding hydrogens is 346 g/mol. The number of hydrogen-bond acceptors (Lipinski definition) is 5. The number of rotatable bonds is 5. The third-order valence-corrected chi connectivity index (χ3v) is 6.73. The van der Waals surface area contributed by atoms with Crippen molar-refractivity contribution in [3.63, 3.8) is 0 Å². The van der Waals surface area contributed by atoms with E-state index in [0.717, 1.165) is 38.0 Å². The summed E-state index contributed by atoms with van der Waals surface area (Å²) in [5.41, 5.74) is 0.197. The van der Waals surface area contributed by atoms with Gasteiger partial charge in [0.1, 0.15) is 5.76 Å². The van der Waals surface area contributed by atoms with Crippen LogP contribution in [-0.4, -0.2) is 54.7 Å². The minimum absolute atomic E-state index is 0.0953. The van der Waals surface area contributed by atoms with Crippen LogP contribution in [-0.2, 0) is 9.53 Å². The Morgan fingerprint density at radius 3 is 2.70 bits per heavy atom. The summed E-state index contributed by atoms with van der Waals surface area (Å²) < 4.78 is 10.9. The molecule has 2 aliphatic heterocycles. The Morgan fingerprint density at radius 2 is 2.00 bits per heavy atom. The van der Waals surface area contributed by atoms with Crippen molar-refractivity contribution < 1.29 is 18.8 Å². The van der Waals surface area contributed by atoms with Gasteiger partial charge in [-0.05, 0) is 44.4 Å². The van der Waals surface area contributed by atoms with Gasteiger partial charge in [0.15, 0.2) is 5.69 Å². The van der Waals surface area contributed by atoms with Gasteiger partial charge in [0.25, 0.3) is 5.91 Å². The number of carbonyl (C=O) groups excluding carboxylic acids is 2. The first kappa shape index (κ1) is 17.2. The zero-order valence-electron chi connectivity index (χ0n) is 15.6. The van der Waals surface area contributed by atoms with E-state index < -0.39 is 0 Å². The molecule has 2 saturated heterocycles. The maximum Gasteiger partial charge on any atom is 0.276 e. The number of aromatic nitrogens is 1. The number of likely N-dealkylation sites (tertiary alicyclic amines) is 1. The predicted molar refractivity (Wildman–Crippen MR) is 96.1 cm³/mol. The third-order valence-electron chi connectivity index (χ3n) is 6.73. The third kappa shape index (κ3) is 3.37. The molecule has 0 aromatic carbocycles. The monoisotopic (exact) mass is 373 g/mol. The highest BCUT2D eigenvalue weighted by Crippen LogP contribution is 2.45. The molecule has 1 N–H and O–H groups in total. The van der Waals surface area contributed by atoms with E-state index >= 15 is 0 Å². The highest BCUT2D eigenvalue weighted by Gasteiger charge is 2.52. The number of ether oxygens (including phenoxy) is 1. The average Bonchev–Trinajstić information content (AvgIpc) is 3.62. The molecule has 5 rings (SSSR count). The van der Waals surface area contributed by atoms with Crippen LogP contribution in [0.3, 0.4) is 0 Å². The molecule has 2 amide bonds. The molecular formula is C20H27N3O4. The van der Waals surface area contributed by atoms with Gasteiger partial charge >= 0.3 is 0 Å². The van der Waals surface area contributed by atoms with Crippen molar-refractivity contribution in [3.05, 3.63) is 17.5 Å². The van der Waals surface area contributed by atoms with Gasteiger partial charge in [0.2, 0.25) is 5.91 Å². The molecule has 0 radical (unpaired) electrons. The number of amides is 2. The van der Waals surface area contributed by atoms with Crippen molar-refractivity contribution >= 4 is 11.8 Å². The zero-order chi connectivity index (χ0) is 18.4. The van der Waals surface area contributed by atoms with Gasteiger partial charge in [0, 0.05) is 50.2 Å². The number of carbonyl (C=O) groups is 2. The summed E-state index contributed by atoms with van der Waals surface area (Å²) in [4.78, 5) is 27.8. The summed E-state index contributed by atoms with van der Waals surface area (Å²) in [6.45, 7) is 3.14. The van der Waals surface area contributed by atoms with Gasteiger partial charge in [-0.2, -0.15) is 0 Å². The van der Waals surface area contributed by atoms with Crippen LogP contribution in [0.5, 0.6) is 0 Å². The van der Waals surface area contributed by atoms with Gasteiger partial charge in [-0.15, -0.1) is 0 Å². The van der Waals surface area contributed by atoms with E-state index in [0.29, 0.717) is 43.8 Å². The Bertz CT molecular complexity index is 731. The second kappa shape index (κ2) is 6.62. The van der Waals surface area contributed by atoms with E-state index in [4.69, 9.17) is 9.26 Å². The van der Waals surface area contributed by atoms with Crippen LogP contribution in [0, 0.1) is 17.3 Å². The summed E-state index contributed by atoms with van der Waals surface area (Å²) >= 11 is 0. The summed E-state index contributed by atoms with van der Waals surface area (Å²) in [6.07, 6.45) is 6.29. The minimum atomic E-state index is -0.176. The van der Waals surface area contributed by atoms with Crippen LogP contribution < -0.4 is 5.32 Å². The summed E-state index contributed by atoms with van der Waals surface area (Å²) in [5, 5.41) is 7.13. The molecule has 4 fully saturated rings. The smallest absolute Gasteiger partial charge is 0.276 e. The Hall–Kier alpha value is -1.89. The first-order valence-electron chi connectivity index (χ1n) is 10.3. The highest BCUT2D eigenvalue weighted by molar-refractivity contribution is 5.93. The fourth-order valence-corrected chi connectivity index (χ4v) is 4.57. The average molecular weight is 373 g/mol. The Balaban J connectivity index is 1.32. The van der Waals surface area contributed by atoms with Crippen LogP contribution in [0.25, 0.3) is 0 Å². The fourth-order valence-electron chi connectivity index (χ4n) is 4.57. The number of nitrogens with zero attached hydrogens (tertiary/aromatic N) is 2. The molecule has 1 unspecified atom stereocenters. The van der Waals surface area contributed by atoms with E-state index in [2.05, 4.69) is 10.5 Å². The van der Waals surface area contributed by atoms with Gasteiger partial charge in [-0.1, -0.05) is 5.16 Å². The highest BCUT2D eigenvalue weighted by atomic mass is 16.5. The molecule has 1 aromatic rings. The summed E-state index contributed by atoms with van der Waals surface area (Å²) in [6, 6.07) is 1.79. The SMILES string of the molecule is O=C(NCC1CC1)C1CN(C(=O)c2cc(C3CC3)on2)CC12CCOCC2. The van der Waals surface area contributed by atoms with Crippen molar-refractivity contribution in [2.24, 2.45) is 17.3 Å². The topological polar surface area (TPSA) is 84.7 Å². The molecule has 0 bridgehead atoms. The lowest BCUT2D eigenvalue weighted by Gasteiger charge is -2.37. The van der Waals surface area contributed by atoms with Crippen molar-refractivity contribution in [3.8, 4) is 0 Å². The fraction of sp³-hybridized carbons (Fsp3) is 0.750. The van der Waals surface area contributed by atoms with Crippen molar-refractivity contribution in [1.29, 1.82) is 0 Å². The predicted octanol–water partition coefficient (Wildman–Crippen LogP) is 1.95. The standard InChI is InChI=1S/C20H27N3O4/c24-18(21-10-13-1-2-13)15-11-23(12-20(15)5-7-26-8-6-20)19(25)16-9-17(27-22-16)14-3-4-14/h9,13-15H,1-8,10-12H2,(H,21,24). The van der Waals surface area contributed by atoms with Crippen molar-refractivity contribution in [2.45, 2.75) is 44.4 Å². The van der Waals surface area contributed by atoms with Crippen LogP contribution in [0.4, 0.5) is 0 Å². The molecule has 7 nitrogen and oxygen atoms in total. The van der Waals surface area contributed by atoms with Crippen molar-refractivity contribution in [2.75, 3.05) is 32.8 Å². The molecule has 1 aromatic heterocycles. The Labute approximate surface area is 158 Å². The van der Waals surface area contributed by atoms with Crippen LogP contribution >= 0.6 is 0 Å². The molecule has 2 saturated carbocycles. The van der Waals surface area contributed by atoms with Crippen LogP contribution in [0.1, 0.15) is 60.7 Å². The largest absolute Gasteiger partial charge is 0.381 e. The molecule has 4 aliphatic rings. The minimum Gasteiger partial charge on any atom is -0.381 e. The van der Waals surface area contributed by atoms with E-state index in [1.807, 2.05) is 0 Å². The summed E-state index contributed by atoms with van der Waals surface area (Å²) in [7, 11) is 0. The van der Waals surface area contributed by atoms with E-state index in [1.54, 1.807) is 11.0 Å². The molecule has 2 aliphatic carbocycles. The molecule has 3 heterocycles. The van der Waals surface area contributed by atoms with Gasteiger partial charge < -0.3 is 19.5 Å². The lowest BCUT2D eigenvalue weighted by molar-refractivity contribution is -0.129. The number of hydrogen-bond donors (Lipinski definition) is 1.